The van der Waals surface area contributed by atoms with Gasteiger partial charge in [-0.15, -0.1) is 11.3 Å². The Balaban J connectivity index is 2.85. The van der Waals surface area contributed by atoms with Crippen LogP contribution in [0.2, 0.25) is 0 Å². The average molecular weight is 255 g/mol. The van der Waals surface area contributed by atoms with Gasteiger partial charge in [-0.25, -0.2) is 4.98 Å². The summed E-state index contributed by atoms with van der Waals surface area (Å²) in [4.78, 5) is 16.8. The maximum Gasteiger partial charge on any atom is 0.309 e. The number of carboxylic acids is 1. The van der Waals surface area contributed by atoms with Gasteiger partial charge in [0, 0.05) is 11.1 Å². The first-order valence-corrected chi connectivity index (χ1v) is 7.00. The van der Waals surface area contributed by atoms with Crippen LogP contribution in [0.25, 0.3) is 0 Å². The number of unbranched alkanes of at least 4 members (excludes halogenated alkanes) is 1. The fourth-order valence-corrected chi connectivity index (χ4v) is 3.00. The number of carbonyl (C=O) groups is 1. The van der Waals surface area contributed by atoms with Gasteiger partial charge in [0.1, 0.15) is 0 Å². The van der Waals surface area contributed by atoms with Crippen molar-refractivity contribution in [2.45, 2.75) is 52.9 Å². The smallest absolute Gasteiger partial charge is 0.309 e. The van der Waals surface area contributed by atoms with Gasteiger partial charge in [0.2, 0.25) is 0 Å². The molecule has 4 heteroatoms. The lowest BCUT2D eigenvalue weighted by molar-refractivity contribution is -0.149. The van der Waals surface area contributed by atoms with Crippen LogP contribution in [-0.2, 0) is 11.2 Å². The predicted molar refractivity (Wildman–Crippen MR) is 70.4 cm³/mol. The van der Waals surface area contributed by atoms with Crippen LogP contribution in [0.15, 0.2) is 6.20 Å². The first kappa shape index (κ1) is 14.2. The summed E-state index contributed by atoms with van der Waals surface area (Å²) in [5.41, 5.74) is -0.602. The quantitative estimate of drug-likeness (QED) is 0.808. The second kappa shape index (κ2) is 6.15. The highest BCUT2D eigenvalue weighted by Gasteiger charge is 2.36. The number of hydrogen-bond acceptors (Lipinski definition) is 3. The van der Waals surface area contributed by atoms with Crippen LogP contribution in [0.4, 0.5) is 0 Å². The van der Waals surface area contributed by atoms with E-state index in [1.165, 1.54) is 0 Å². The molecular formula is C13H21NO2S. The maximum absolute atomic E-state index is 11.6. The molecule has 1 unspecified atom stereocenters. The molecule has 17 heavy (non-hydrogen) atoms. The highest BCUT2D eigenvalue weighted by atomic mass is 32.1. The molecule has 1 heterocycles. The minimum absolute atomic E-state index is 0.602. The van der Waals surface area contributed by atoms with Crippen molar-refractivity contribution in [3.63, 3.8) is 0 Å². The van der Waals surface area contributed by atoms with Gasteiger partial charge < -0.3 is 5.11 Å². The van der Waals surface area contributed by atoms with Gasteiger partial charge in [-0.05, 0) is 26.2 Å². The molecule has 0 aliphatic rings. The predicted octanol–water partition coefficient (Wildman–Crippen LogP) is 3.67. The number of aryl methyl sites for hydroxylation is 1. The van der Waals surface area contributed by atoms with Crippen molar-refractivity contribution in [1.29, 1.82) is 0 Å². The Labute approximate surface area is 107 Å². The van der Waals surface area contributed by atoms with Crippen LogP contribution in [-0.4, -0.2) is 16.1 Å². The molecule has 0 fully saturated rings. The summed E-state index contributed by atoms with van der Waals surface area (Å²) >= 11 is 1.61. The van der Waals surface area contributed by atoms with Crippen LogP contribution in [0, 0.1) is 12.3 Å². The van der Waals surface area contributed by atoms with Gasteiger partial charge in [-0.3, -0.25) is 4.79 Å². The van der Waals surface area contributed by atoms with Crippen LogP contribution in [0.3, 0.4) is 0 Å². The number of nitrogens with zero attached hydrogens (tertiary/aromatic N) is 1. The second-order valence-corrected chi connectivity index (χ2v) is 5.88. The highest BCUT2D eigenvalue weighted by Crippen LogP contribution is 2.34. The van der Waals surface area contributed by atoms with Crippen LogP contribution in [0.5, 0.6) is 0 Å². The van der Waals surface area contributed by atoms with Crippen LogP contribution < -0.4 is 0 Å². The summed E-state index contributed by atoms with van der Waals surface area (Å²) in [6.07, 6.45) is 5.88. The van der Waals surface area contributed by atoms with Gasteiger partial charge in [0.05, 0.1) is 10.4 Å². The van der Waals surface area contributed by atoms with Crippen molar-refractivity contribution in [2.75, 3.05) is 0 Å². The molecule has 1 rings (SSSR count). The van der Waals surface area contributed by atoms with Crippen molar-refractivity contribution in [3.8, 4) is 0 Å². The minimum Gasteiger partial charge on any atom is -0.481 e. The normalized spacial score (nSPS) is 14.5. The lowest BCUT2D eigenvalue weighted by Crippen LogP contribution is -2.32. The molecule has 0 radical (unpaired) electrons. The summed E-state index contributed by atoms with van der Waals surface area (Å²) in [6, 6.07) is 0. The number of aromatic nitrogens is 1. The van der Waals surface area contributed by atoms with E-state index in [2.05, 4.69) is 11.9 Å². The average Bonchev–Trinajstić information content (AvgIpc) is 2.69. The van der Waals surface area contributed by atoms with E-state index in [-0.39, 0.29) is 0 Å². The summed E-state index contributed by atoms with van der Waals surface area (Å²) in [5.74, 6) is -0.667. The zero-order valence-corrected chi connectivity index (χ0v) is 11.6. The van der Waals surface area contributed by atoms with Crippen molar-refractivity contribution < 1.29 is 9.90 Å². The molecule has 1 aromatic rings. The van der Waals surface area contributed by atoms with Crippen molar-refractivity contribution in [1.82, 2.24) is 4.98 Å². The SMILES string of the molecule is CCCCC(CC)(Cc1cnc(C)s1)C(=O)O. The first-order valence-electron chi connectivity index (χ1n) is 6.18. The molecule has 0 bridgehead atoms. The van der Waals surface area contributed by atoms with E-state index < -0.39 is 11.4 Å². The second-order valence-electron chi connectivity index (χ2n) is 4.56. The zero-order chi connectivity index (χ0) is 12.9. The summed E-state index contributed by atoms with van der Waals surface area (Å²) < 4.78 is 0. The largest absolute Gasteiger partial charge is 0.481 e. The summed E-state index contributed by atoms with van der Waals surface area (Å²) in [5, 5.41) is 10.5. The van der Waals surface area contributed by atoms with Gasteiger partial charge >= 0.3 is 5.97 Å². The molecule has 0 spiro atoms. The van der Waals surface area contributed by atoms with E-state index >= 15 is 0 Å². The number of thiazole rings is 1. The molecular weight excluding hydrogens is 234 g/mol. The maximum atomic E-state index is 11.6. The molecule has 96 valence electrons. The van der Waals surface area contributed by atoms with E-state index in [0.29, 0.717) is 12.8 Å². The standard InChI is InChI=1S/C13H21NO2S/c1-4-6-7-13(5-2,12(15)16)8-11-9-14-10(3)17-11/h9H,4-8H2,1-3H3,(H,15,16). The zero-order valence-electron chi connectivity index (χ0n) is 10.8. The monoisotopic (exact) mass is 255 g/mol. The van der Waals surface area contributed by atoms with E-state index in [4.69, 9.17) is 0 Å². The number of rotatable bonds is 7. The summed E-state index contributed by atoms with van der Waals surface area (Å²) in [6.45, 7) is 6.02. The third-order valence-electron chi connectivity index (χ3n) is 3.32. The molecule has 0 aliphatic heterocycles. The van der Waals surface area contributed by atoms with Gasteiger partial charge in [-0.2, -0.15) is 0 Å². The number of aliphatic carboxylic acids is 1. The Morgan fingerprint density at radius 1 is 1.53 bits per heavy atom. The molecule has 1 aromatic heterocycles. The van der Waals surface area contributed by atoms with E-state index in [9.17, 15) is 9.90 Å². The Kier molecular flexibility index (Phi) is 5.12. The van der Waals surface area contributed by atoms with Gasteiger partial charge in [0.15, 0.2) is 0 Å². The Bertz CT molecular complexity index is 375. The van der Waals surface area contributed by atoms with Crippen molar-refractivity contribution in [3.05, 3.63) is 16.1 Å². The highest BCUT2D eigenvalue weighted by molar-refractivity contribution is 7.11. The molecule has 0 saturated heterocycles. The molecule has 1 atom stereocenters. The fourth-order valence-electron chi connectivity index (χ4n) is 2.06. The molecule has 0 amide bonds. The van der Waals surface area contributed by atoms with E-state index in [1.807, 2.05) is 20.0 Å². The van der Waals surface area contributed by atoms with E-state index in [1.54, 1.807) is 11.3 Å². The number of carboxylic acid groups (broad SMARTS) is 1. The summed E-state index contributed by atoms with van der Waals surface area (Å²) in [7, 11) is 0. The van der Waals surface area contributed by atoms with Crippen molar-refractivity contribution in [2.24, 2.45) is 5.41 Å². The molecule has 0 aliphatic carbocycles. The topological polar surface area (TPSA) is 50.2 Å². The van der Waals surface area contributed by atoms with Crippen LogP contribution >= 0.6 is 11.3 Å². The fraction of sp³-hybridized carbons (Fsp3) is 0.692. The third-order valence-corrected chi connectivity index (χ3v) is 4.23. The lowest BCUT2D eigenvalue weighted by atomic mass is 9.77. The van der Waals surface area contributed by atoms with Crippen LogP contribution in [0.1, 0.15) is 49.4 Å². The number of hydrogen-bond donors (Lipinski definition) is 1. The van der Waals surface area contributed by atoms with E-state index in [0.717, 1.165) is 29.1 Å². The molecule has 3 nitrogen and oxygen atoms in total. The van der Waals surface area contributed by atoms with Gasteiger partial charge in [0.25, 0.3) is 0 Å². The Morgan fingerprint density at radius 2 is 2.24 bits per heavy atom. The Morgan fingerprint density at radius 3 is 2.65 bits per heavy atom. The first-order chi connectivity index (χ1) is 8.04. The van der Waals surface area contributed by atoms with Crippen molar-refractivity contribution >= 4 is 17.3 Å². The lowest BCUT2D eigenvalue weighted by Gasteiger charge is -2.27. The Hall–Kier alpha value is -0.900. The molecule has 0 saturated carbocycles. The molecule has 0 aromatic carbocycles. The third kappa shape index (κ3) is 3.53. The minimum atomic E-state index is -0.667. The van der Waals surface area contributed by atoms with Gasteiger partial charge in [-0.1, -0.05) is 26.7 Å². The molecule has 1 N–H and O–H groups in total.